The maximum absolute atomic E-state index is 6.16. The van der Waals surface area contributed by atoms with Crippen LogP contribution in [0.3, 0.4) is 0 Å². The van der Waals surface area contributed by atoms with Crippen LogP contribution in [0.1, 0.15) is 12.0 Å². The first-order valence-corrected chi connectivity index (χ1v) is 8.40. The number of rotatable bonds is 10. The second-order valence-electron chi connectivity index (χ2n) is 5.42. The fraction of sp³-hybridized carbons (Fsp3) is 0.588. The average molecular weight is 469 g/mol. The highest BCUT2D eigenvalue weighted by Gasteiger charge is 2.02. The average Bonchev–Trinajstić information content (AvgIpc) is 2.55. The normalized spacial score (nSPS) is 11.3. The number of ether oxygens (including phenoxy) is 1. The number of guanidine groups is 1. The molecule has 0 saturated heterocycles. The summed E-state index contributed by atoms with van der Waals surface area (Å²) in [5, 5.41) is 7.45. The molecule has 138 valence electrons. The summed E-state index contributed by atoms with van der Waals surface area (Å²) in [5.41, 5.74) is 1.15. The van der Waals surface area contributed by atoms with Gasteiger partial charge < -0.3 is 20.3 Å². The topological polar surface area (TPSA) is 48.9 Å². The van der Waals surface area contributed by atoms with E-state index in [1.54, 1.807) is 14.2 Å². The molecule has 0 spiro atoms. The fourth-order valence-corrected chi connectivity index (χ4v) is 2.42. The molecule has 2 N–H and O–H groups in total. The minimum Gasteiger partial charge on any atom is -0.385 e. The molecule has 0 unspecified atom stereocenters. The van der Waals surface area contributed by atoms with Crippen molar-refractivity contribution in [3.8, 4) is 0 Å². The van der Waals surface area contributed by atoms with Gasteiger partial charge in [0.25, 0.3) is 0 Å². The summed E-state index contributed by atoms with van der Waals surface area (Å²) in [6.45, 7) is 4.47. The molecule has 7 heteroatoms. The molecule has 0 radical (unpaired) electrons. The van der Waals surface area contributed by atoms with Crippen LogP contribution in [0, 0.1) is 0 Å². The summed E-state index contributed by atoms with van der Waals surface area (Å²) in [6, 6.07) is 7.93. The molecule has 0 aromatic heterocycles. The third-order valence-corrected chi connectivity index (χ3v) is 3.91. The Bertz CT molecular complexity index is 474. The van der Waals surface area contributed by atoms with Crippen molar-refractivity contribution in [2.75, 3.05) is 54.0 Å². The SMILES string of the molecule is CN=C(NCCc1ccccc1Cl)NCCN(C)CCCOC.I. The number of nitrogens with zero attached hydrogens (tertiary/aromatic N) is 2. The van der Waals surface area contributed by atoms with Crippen LogP contribution in [0.4, 0.5) is 0 Å². The van der Waals surface area contributed by atoms with E-state index >= 15 is 0 Å². The van der Waals surface area contributed by atoms with Crippen molar-refractivity contribution in [3.05, 3.63) is 34.9 Å². The summed E-state index contributed by atoms with van der Waals surface area (Å²) in [7, 11) is 5.64. The second-order valence-corrected chi connectivity index (χ2v) is 5.82. The molecule has 0 fully saturated rings. The molecule has 0 aliphatic rings. The minimum atomic E-state index is 0. The first-order valence-electron chi connectivity index (χ1n) is 8.02. The van der Waals surface area contributed by atoms with Gasteiger partial charge in [-0.25, -0.2) is 0 Å². The van der Waals surface area contributed by atoms with Crippen LogP contribution in [0.2, 0.25) is 5.02 Å². The lowest BCUT2D eigenvalue weighted by Crippen LogP contribution is -2.41. The maximum atomic E-state index is 6.16. The molecule has 1 rings (SSSR count). The lowest BCUT2D eigenvalue weighted by Gasteiger charge is -2.18. The number of methoxy groups -OCH3 is 1. The van der Waals surface area contributed by atoms with Crippen LogP contribution < -0.4 is 10.6 Å². The van der Waals surface area contributed by atoms with E-state index in [1.165, 1.54) is 0 Å². The van der Waals surface area contributed by atoms with E-state index in [0.29, 0.717) is 0 Å². The number of hydrogen-bond acceptors (Lipinski definition) is 3. The highest BCUT2D eigenvalue weighted by Crippen LogP contribution is 2.14. The van der Waals surface area contributed by atoms with Crippen LogP contribution in [0.15, 0.2) is 29.3 Å². The van der Waals surface area contributed by atoms with Gasteiger partial charge in [0.1, 0.15) is 0 Å². The summed E-state index contributed by atoms with van der Waals surface area (Å²) >= 11 is 6.16. The summed E-state index contributed by atoms with van der Waals surface area (Å²) in [5.74, 6) is 0.822. The zero-order chi connectivity index (χ0) is 16.9. The number of benzene rings is 1. The van der Waals surface area contributed by atoms with E-state index in [2.05, 4.69) is 33.6 Å². The van der Waals surface area contributed by atoms with Crippen LogP contribution in [0.25, 0.3) is 0 Å². The highest BCUT2D eigenvalue weighted by atomic mass is 127. The molecule has 0 aliphatic heterocycles. The van der Waals surface area contributed by atoms with Gasteiger partial charge in [0.05, 0.1) is 0 Å². The molecular weight excluding hydrogens is 439 g/mol. The summed E-state index contributed by atoms with van der Waals surface area (Å²) in [4.78, 5) is 6.52. The van der Waals surface area contributed by atoms with Gasteiger partial charge in [-0.05, 0) is 31.5 Å². The fourth-order valence-electron chi connectivity index (χ4n) is 2.19. The Labute approximate surface area is 168 Å². The van der Waals surface area contributed by atoms with Crippen molar-refractivity contribution in [1.29, 1.82) is 0 Å². The van der Waals surface area contributed by atoms with Crippen molar-refractivity contribution < 1.29 is 4.74 Å². The third kappa shape index (κ3) is 10.3. The van der Waals surface area contributed by atoms with Gasteiger partial charge in [-0.3, -0.25) is 4.99 Å². The molecule has 24 heavy (non-hydrogen) atoms. The quantitative estimate of drug-likeness (QED) is 0.240. The smallest absolute Gasteiger partial charge is 0.191 e. The Balaban J connectivity index is 0.00000529. The van der Waals surface area contributed by atoms with Gasteiger partial charge in [-0.2, -0.15) is 0 Å². The lowest BCUT2D eigenvalue weighted by atomic mass is 10.1. The zero-order valence-electron chi connectivity index (χ0n) is 14.8. The van der Waals surface area contributed by atoms with E-state index in [4.69, 9.17) is 16.3 Å². The van der Waals surface area contributed by atoms with E-state index in [-0.39, 0.29) is 24.0 Å². The van der Waals surface area contributed by atoms with Crippen LogP contribution in [-0.4, -0.2) is 64.9 Å². The minimum absolute atomic E-state index is 0. The van der Waals surface area contributed by atoms with Gasteiger partial charge in [-0.1, -0.05) is 29.8 Å². The first-order chi connectivity index (χ1) is 11.2. The van der Waals surface area contributed by atoms with Gasteiger partial charge in [0.2, 0.25) is 0 Å². The third-order valence-electron chi connectivity index (χ3n) is 3.54. The second kappa shape index (κ2) is 14.7. The Morgan fingerprint density at radius 1 is 1.21 bits per heavy atom. The standard InChI is InChI=1S/C17H29ClN4O.HI/c1-19-17(21-11-13-22(2)12-6-14-23-3)20-10-9-15-7-4-5-8-16(15)18;/h4-5,7-8H,6,9-14H2,1-3H3,(H2,19,20,21);1H. The molecule has 0 bridgehead atoms. The Morgan fingerprint density at radius 2 is 1.92 bits per heavy atom. The number of halogens is 2. The number of likely N-dealkylation sites (N-methyl/N-ethyl adjacent to an activating group) is 1. The van der Waals surface area contributed by atoms with E-state index < -0.39 is 0 Å². The van der Waals surface area contributed by atoms with Gasteiger partial charge in [0, 0.05) is 52.0 Å². The van der Waals surface area contributed by atoms with Gasteiger partial charge in [-0.15, -0.1) is 24.0 Å². The predicted molar refractivity (Wildman–Crippen MR) is 114 cm³/mol. The van der Waals surface area contributed by atoms with Gasteiger partial charge in [0.15, 0.2) is 5.96 Å². The van der Waals surface area contributed by atoms with E-state index in [1.807, 2.05) is 18.2 Å². The molecule has 0 saturated carbocycles. The molecule has 0 atom stereocenters. The van der Waals surface area contributed by atoms with Gasteiger partial charge >= 0.3 is 0 Å². The molecule has 1 aromatic rings. The molecule has 0 aliphatic carbocycles. The molecule has 0 heterocycles. The number of aliphatic imine (C=N–C) groups is 1. The van der Waals surface area contributed by atoms with E-state index in [9.17, 15) is 0 Å². The predicted octanol–water partition coefficient (Wildman–Crippen LogP) is 2.63. The van der Waals surface area contributed by atoms with Crippen molar-refractivity contribution in [1.82, 2.24) is 15.5 Å². The molecular formula is C17H30ClIN4O. The van der Waals surface area contributed by atoms with Crippen molar-refractivity contribution in [2.24, 2.45) is 4.99 Å². The molecule has 1 aromatic carbocycles. The molecule has 0 amide bonds. The zero-order valence-corrected chi connectivity index (χ0v) is 17.9. The van der Waals surface area contributed by atoms with Crippen molar-refractivity contribution in [2.45, 2.75) is 12.8 Å². The number of nitrogens with one attached hydrogen (secondary N) is 2. The van der Waals surface area contributed by atoms with Crippen LogP contribution in [0.5, 0.6) is 0 Å². The monoisotopic (exact) mass is 468 g/mol. The van der Waals surface area contributed by atoms with Crippen molar-refractivity contribution in [3.63, 3.8) is 0 Å². The summed E-state index contributed by atoms with van der Waals surface area (Å²) in [6.07, 6.45) is 1.93. The first kappa shape index (κ1) is 23.4. The largest absolute Gasteiger partial charge is 0.385 e. The van der Waals surface area contributed by atoms with Crippen LogP contribution in [-0.2, 0) is 11.2 Å². The Kier molecular flexibility index (Phi) is 14.4. The van der Waals surface area contributed by atoms with Crippen LogP contribution >= 0.6 is 35.6 Å². The maximum Gasteiger partial charge on any atom is 0.191 e. The molecule has 5 nitrogen and oxygen atoms in total. The number of hydrogen-bond donors (Lipinski definition) is 2. The summed E-state index contributed by atoms with van der Waals surface area (Å²) < 4.78 is 5.06. The van der Waals surface area contributed by atoms with E-state index in [0.717, 1.165) is 62.2 Å². The Morgan fingerprint density at radius 3 is 2.58 bits per heavy atom. The Hall–Kier alpha value is -0.570. The van der Waals surface area contributed by atoms with Crippen molar-refractivity contribution >= 4 is 41.5 Å². The lowest BCUT2D eigenvalue weighted by molar-refractivity contribution is 0.180. The highest BCUT2D eigenvalue weighted by molar-refractivity contribution is 14.0.